The number of halogens is 1. The molecule has 0 bridgehead atoms. The fourth-order valence-electron chi connectivity index (χ4n) is 4.82. The molecule has 0 aromatic carbocycles. The van der Waals surface area contributed by atoms with Crippen LogP contribution in [0.1, 0.15) is 36.0 Å². The number of nitrogens with zero attached hydrogens (tertiary/aromatic N) is 4. The van der Waals surface area contributed by atoms with Gasteiger partial charge in [0.2, 0.25) is 15.9 Å². The van der Waals surface area contributed by atoms with Gasteiger partial charge in [0.05, 0.1) is 32.1 Å². The maximum Gasteiger partial charge on any atom is 0.276 e. The summed E-state index contributed by atoms with van der Waals surface area (Å²) in [7, 11) is -3.69. The third kappa shape index (κ3) is 4.74. The van der Waals surface area contributed by atoms with E-state index in [4.69, 9.17) is 9.26 Å². The van der Waals surface area contributed by atoms with Gasteiger partial charge < -0.3 is 14.2 Å². The number of carbonyl (C=O) groups excluding carboxylic acids is 2. The summed E-state index contributed by atoms with van der Waals surface area (Å²) in [5, 5.41) is 3.94. The molecule has 3 aliphatic heterocycles. The molecule has 3 aliphatic rings. The van der Waals surface area contributed by atoms with Crippen LogP contribution in [0.15, 0.2) is 10.6 Å². The number of aromatic nitrogens is 1. The molecule has 2 amide bonds. The standard InChI is InChI=1S/C19H28N4O6S.ClH/c1-3-4-14-15-11-22(12-17(15)23(18(14)24)30(2,26)27)19(25)16-9-13(29-20-16)10-21-5-7-28-8-6-21;/h9,14-15,17H,3-8,10-12H2,1-2H3;1H/t14-,15-,17+;/m1./s1. The number of sulfonamides is 1. The van der Waals surface area contributed by atoms with E-state index >= 15 is 0 Å². The summed E-state index contributed by atoms with van der Waals surface area (Å²) in [5.74, 6) is -0.581. The number of fused-ring (bicyclic) bond motifs is 1. The van der Waals surface area contributed by atoms with E-state index in [9.17, 15) is 18.0 Å². The van der Waals surface area contributed by atoms with Gasteiger partial charge >= 0.3 is 0 Å². The predicted octanol–water partition coefficient (Wildman–Crippen LogP) is 0.587. The molecular weight excluding hydrogens is 448 g/mol. The van der Waals surface area contributed by atoms with Crippen molar-refractivity contribution >= 4 is 34.2 Å². The van der Waals surface area contributed by atoms with Crippen molar-refractivity contribution in [2.75, 3.05) is 45.6 Å². The van der Waals surface area contributed by atoms with Crippen LogP contribution in [0.25, 0.3) is 0 Å². The van der Waals surface area contributed by atoms with Crippen molar-refractivity contribution in [2.45, 2.75) is 32.4 Å². The van der Waals surface area contributed by atoms with Gasteiger partial charge in [-0.2, -0.15) is 0 Å². The molecule has 4 heterocycles. The monoisotopic (exact) mass is 476 g/mol. The SMILES string of the molecule is CCC[C@H]1C(=O)N(S(C)(=O)=O)[C@H]2CN(C(=O)c3cc(CN4CCOCC4)on3)C[C@H]12.Cl. The molecule has 12 heteroatoms. The number of hydrogen-bond acceptors (Lipinski definition) is 8. The molecule has 0 radical (unpaired) electrons. The van der Waals surface area contributed by atoms with Gasteiger partial charge in [0.15, 0.2) is 11.5 Å². The van der Waals surface area contributed by atoms with E-state index in [2.05, 4.69) is 10.1 Å². The molecule has 10 nitrogen and oxygen atoms in total. The average Bonchev–Trinajstić information content (AvgIpc) is 3.38. The molecule has 4 rings (SSSR count). The lowest BCUT2D eigenvalue weighted by atomic mass is 9.89. The smallest absolute Gasteiger partial charge is 0.276 e. The largest absolute Gasteiger partial charge is 0.379 e. The van der Waals surface area contributed by atoms with Crippen LogP contribution in [-0.2, 0) is 26.1 Å². The Labute approximate surface area is 188 Å². The number of morpholine rings is 1. The molecule has 0 unspecified atom stereocenters. The first kappa shape index (κ1) is 24.0. The summed E-state index contributed by atoms with van der Waals surface area (Å²) < 4.78 is 36.2. The Bertz CT molecular complexity index is 916. The molecule has 174 valence electrons. The van der Waals surface area contributed by atoms with Gasteiger partial charge in [0.25, 0.3) is 5.91 Å². The predicted molar refractivity (Wildman–Crippen MR) is 113 cm³/mol. The Morgan fingerprint density at radius 3 is 2.61 bits per heavy atom. The quantitative estimate of drug-likeness (QED) is 0.586. The van der Waals surface area contributed by atoms with Crippen LogP contribution in [0.4, 0.5) is 0 Å². The Kier molecular flexibility index (Phi) is 7.29. The van der Waals surface area contributed by atoms with E-state index in [1.807, 2.05) is 6.92 Å². The normalized spacial score (nSPS) is 26.8. The minimum absolute atomic E-state index is 0. The molecule has 3 fully saturated rings. The number of amides is 2. The second-order valence-electron chi connectivity index (χ2n) is 8.30. The van der Waals surface area contributed by atoms with Gasteiger partial charge in [-0.1, -0.05) is 18.5 Å². The molecule has 0 spiro atoms. The van der Waals surface area contributed by atoms with Crippen molar-refractivity contribution in [3.8, 4) is 0 Å². The van der Waals surface area contributed by atoms with Crippen LogP contribution >= 0.6 is 12.4 Å². The second kappa shape index (κ2) is 9.43. The maximum atomic E-state index is 13.0. The zero-order valence-corrected chi connectivity index (χ0v) is 19.4. The lowest BCUT2D eigenvalue weighted by Crippen LogP contribution is -2.43. The Balaban J connectivity index is 0.00000272. The van der Waals surface area contributed by atoms with E-state index in [0.29, 0.717) is 38.5 Å². The van der Waals surface area contributed by atoms with Crippen molar-refractivity contribution in [3.05, 3.63) is 17.5 Å². The second-order valence-corrected chi connectivity index (χ2v) is 10.2. The number of likely N-dealkylation sites (tertiary alicyclic amines) is 1. The summed E-state index contributed by atoms with van der Waals surface area (Å²) in [6.07, 6.45) is 2.44. The third-order valence-corrected chi connectivity index (χ3v) is 7.36. The van der Waals surface area contributed by atoms with Gasteiger partial charge in [0.1, 0.15) is 0 Å². The van der Waals surface area contributed by atoms with Crippen molar-refractivity contribution < 1.29 is 27.3 Å². The average molecular weight is 477 g/mol. The van der Waals surface area contributed by atoms with E-state index in [-0.39, 0.29) is 48.3 Å². The van der Waals surface area contributed by atoms with Gasteiger partial charge in [-0.05, 0) is 6.42 Å². The first-order chi connectivity index (χ1) is 14.3. The minimum Gasteiger partial charge on any atom is -0.379 e. The molecule has 0 N–H and O–H groups in total. The summed E-state index contributed by atoms with van der Waals surface area (Å²) in [6, 6.07) is 1.14. The highest BCUT2D eigenvalue weighted by Crippen LogP contribution is 2.40. The first-order valence-electron chi connectivity index (χ1n) is 10.4. The van der Waals surface area contributed by atoms with E-state index in [0.717, 1.165) is 30.1 Å². The lowest BCUT2D eigenvalue weighted by Gasteiger charge is -2.25. The van der Waals surface area contributed by atoms with Crippen molar-refractivity contribution in [1.82, 2.24) is 19.3 Å². The van der Waals surface area contributed by atoms with Crippen LogP contribution in [0, 0.1) is 11.8 Å². The van der Waals surface area contributed by atoms with E-state index in [1.54, 1.807) is 11.0 Å². The van der Waals surface area contributed by atoms with Gasteiger partial charge in [-0.15, -0.1) is 12.4 Å². The third-order valence-electron chi connectivity index (χ3n) is 6.19. The first-order valence-corrected chi connectivity index (χ1v) is 12.2. The molecule has 3 saturated heterocycles. The lowest BCUT2D eigenvalue weighted by molar-refractivity contribution is -0.128. The Hall–Kier alpha value is -1.69. The molecule has 1 aromatic rings. The molecule has 31 heavy (non-hydrogen) atoms. The fraction of sp³-hybridized carbons (Fsp3) is 0.737. The van der Waals surface area contributed by atoms with Crippen molar-refractivity contribution in [1.29, 1.82) is 0 Å². The molecule has 0 aliphatic carbocycles. The molecule has 0 saturated carbocycles. The number of carbonyl (C=O) groups is 2. The highest BCUT2D eigenvalue weighted by atomic mass is 35.5. The van der Waals surface area contributed by atoms with Crippen molar-refractivity contribution in [2.24, 2.45) is 11.8 Å². The summed E-state index contributed by atoms with van der Waals surface area (Å²) >= 11 is 0. The topological polar surface area (TPSA) is 113 Å². The van der Waals surface area contributed by atoms with E-state index in [1.165, 1.54) is 0 Å². The minimum atomic E-state index is -3.69. The molecular formula is C19H29ClN4O6S. The van der Waals surface area contributed by atoms with Crippen LogP contribution in [0.2, 0.25) is 0 Å². The van der Waals surface area contributed by atoms with E-state index < -0.39 is 16.1 Å². The van der Waals surface area contributed by atoms with Crippen molar-refractivity contribution in [3.63, 3.8) is 0 Å². The van der Waals surface area contributed by atoms with Crippen LogP contribution in [0.3, 0.4) is 0 Å². The Morgan fingerprint density at radius 1 is 1.26 bits per heavy atom. The Morgan fingerprint density at radius 2 is 1.97 bits per heavy atom. The van der Waals surface area contributed by atoms with Crippen LogP contribution < -0.4 is 0 Å². The maximum absolute atomic E-state index is 13.0. The number of ether oxygens (including phenoxy) is 1. The fourth-order valence-corrected chi connectivity index (χ4v) is 6.00. The zero-order chi connectivity index (χ0) is 21.5. The van der Waals surface area contributed by atoms with Crippen LogP contribution in [-0.4, -0.2) is 91.2 Å². The summed E-state index contributed by atoms with van der Waals surface area (Å²) in [5.41, 5.74) is 0.211. The summed E-state index contributed by atoms with van der Waals surface area (Å²) in [4.78, 5) is 29.5. The molecule has 3 atom stereocenters. The zero-order valence-electron chi connectivity index (χ0n) is 17.7. The number of rotatable bonds is 6. The highest BCUT2D eigenvalue weighted by molar-refractivity contribution is 7.88. The highest BCUT2D eigenvalue weighted by Gasteiger charge is 2.55. The van der Waals surface area contributed by atoms with Crippen LogP contribution in [0.5, 0.6) is 0 Å². The molecule has 1 aromatic heterocycles. The van der Waals surface area contributed by atoms with Gasteiger partial charge in [-0.3, -0.25) is 14.5 Å². The van der Waals surface area contributed by atoms with Gasteiger partial charge in [-0.25, -0.2) is 12.7 Å². The number of hydrogen-bond donors (Lipinski definition) is 0. The van der Waals surface area contributed by atoms with Gasteiger partial charge in [0, 0.05) is 44.1 Å². The summed E-state index contributed by atoms with van der Waals surface area (Å²) in [6.45, 7) is 6.00.